The van der Waals surface area contributed by atoms with Crippen molar-refractivity contribution in [3.05, 3.63) is 28.5 Å². The van der Waals surface area contributed by atoms with Gasteiger partial charge in [-0.25, -0.2) is 4.98 Å². The molecular formula is C16H25ClN2O2. The normalized spacial score (nSPS) is 12.8. The topological polar surface area (TPSA) is 62.2 Å². The van der Waals surface area contributed by atoms with Gasteiger partial charge in [0.05, 0.1) is 6.10 Å². The summed E-state index contributed by atoms with van der Waals surface area (Å²) in [7, 11) is 0. The lowest BCUT2D eigenvalue weighted by molar-refractivity contribution is 0.0816. The molecule has 0 saturated carbocycles. The predicted octanol–water partition coefficient (Wildman–Crippen LogP) is 3.39. The summed E-state index contributed by atoms with van der Waals surface area (Å²) in [6.45, 7) is 8.32. The van der Waals surface area contributed by atoms with E-state index in [1.807, 2.05) is 27.7 Å². The van der Waals surface area contributed by atoms with E-state index in [1.165, 1.54) is 0 Å². The van der Waals surface area contributed by atoms with E-state index < -0.39 is 6.10 Å². The Morgan fingerprint density at radius 2 is 1.95 bits per heavy atom. The number of nitrogens with zero attached hydrogens (tertiary/aromatic N) is 1. The minimum Gasteiger partial charge on any atom is -0.391 e. The Hall–Kier alpha value is -1.13. The second kappa shape index (κ2) is 8.35. The molecule has 118 valence electrons. The molecule has 0 aliphatic carbocycles. The van der Waals surface area contributed by atoms with Crippen LogP contribution in [0.1, 0.15) is 62.5 Å². The molecule has 1 heterocycles. The van der Waals surface area contributed by atoms with Crippen molar-refractivity contribution in [1.29, 1.82) is 0 Å². The number of hydrogen-bond acceptors (Lipinski definition) is 3. The molecule has 0 aliphatic rings. The van der Waals surface area contributed by atoms with E-state index in [4.69, 9.17) is 11.6 Å². The molecule has 1 aromatic heterocycles. The smallest absolute Gasteiger partial charge is 0.251 e. The van der Waals surface area contributed by atoms with Crippen molar-refractivity contribution < 1.29 is 9.90 Å². The first kappa shape index (κ1) is 17.9. The van der Waals surface area contributed by atoms with E-state index >= 15 is 0 Å². The number of nitrogens with one attached hydrogen (secondary N) is 1. The van der Waals surface area contributed by atoms with Crippen LogP contribution in [0.3, 0.4) is 0 Å². The van der Waals surface area contributed by atoms with Gasteiger partial charge in [0.25, 0.3) is 5.91 Å². The van der Waals surface area contributed by atoms with Crippen LogP contribution < -0.4 is 5.32 Å². The van der Waals surface area contributed by atoms with Gasteiger partial charge in [-0.3, -0.25) is 4.79 Å². The van der Waals surface area contributed by atoms with Crippen molar-refractivity contribution >= 4 is 17.5 Å². The lowest BCUT2D eigenvalue weighted by Gasteiger charge is -2.20. The van der Waals surface area contributed by atoms with Gasteiger partial charge in [0, 0.05) is 17.8 Å². The maximum absolute atomic E-state index is 12.2. The zero-order valence-corrected chi connectivity index (χ0v) is 13.9. The molecule has 1 atom stereocenters. The van der Waals surface area contributed by atoms with Crippen molar-refractivity contribution in [3.63, 3.8) is 0 Å². The molecular weight excluding hydrogens is 288 g/mol. The lowest BCUT2D eigenvalue weighted by Crippen LogP contribution is -2.36. The third kappa shape index (κ3) is 5.29. The number of carbonyl (C=O) groups excluding carboxylic acids is 1. The van der Waals surface area contributed by atoms with E-state index in [1.54, 1.807) is 12.1 Å². The summed E-state index contributed by atoms with van der Waals surface area (Å²) in [5, 5.41) is 13.1. The Labute approximate surface area is 131 Å². The number of rotatable bonds is 7. The second-order valence-corrected chi connectivity index (χ2v) is 6.00. The van der Waals surface area contributed by atoms with Crippen molar-refractivity contribution in [2.45, 2.75) is 52.6 Å². The van der Waals surface area contributed by atoms with Gasteiger partial charge in [-0.2, -0.15) is 0 Å². The highest BCUT2D eigenvalue weighted by molar-refractivity contribution is 6.29. The average Bonchev–Trinajstić information content (AvgIpc) is 2.45. The molecule has 0 fully saturated rings. The molecule has 0 radical (unpaired) electrons. The predicted molar refractivity (Wildman–Crippen MR) is 85.7 cm³/mol. The first-order valence-electron chi connectivity index (χ1n) is 7.52. The molecule has 0 saturated heterocycles. The summed E-state index contributed by atoms with van der Waals surface area (Å²) in [5.74, 6) is 0.175. The van der Waals surface area contributed by atoms with Crippen LogP contribution in [0.25, 0.3) is 0 Å². The summed E-state index contributed by atoms with van der Waals surface area (Å²) >= 11 is 5.96. The summed E-state index contributed by atoms with van der Waals surface area (Å²) in [5.41, 5.74) is 1.27. The summed E-state index contributed by atoms with van der Waals surface area (Å²) in [6.07, 6.45) is 1.27. The zero-order valence-electron chi connectivity index (χ0n) is 13.2. The van der Waals surface area contributed by atoms with Gasteiger partial charge in [-0.15, -0.1) is 0 Å². The molecule has 1 rings (SSSR count). The van der Waals surface area contributed by atoms with Crippen LogP contribution in [-0.2, 0) is 0 Å². The van der Waals surface area contributed by atoms with Gasteiger partial charge in [-0.05, 0) is 24.0 Å². The van der Waals surface area contributed by atoms with Crippen LogP contribution in [0.15, 0.2) is 12.1 Å². The quantitative estimate of drug-likeness (QED) is 0.759. The number of aliphatic hydroxyl groups is 1. The van der Waals surface area contributed by atoms with Crippen molar-refractivity contribution in [2.24, 2.45) is 5.92 Å². The van der Waals surface area contributed by atoms with E-state index in [-0.39, 0.29) is 24.3 Å². The molecule has 0 aromatic carbocycles. The summed E-state index contributed by atoms with van der Waals surface area (Å²) in [6, 6.07) is 3.29. The number of aromatic nitrogens is 1. The van der Waals surface area contributed by atoms with Gasteiger partial charge in [0.2, 0.25) is 0 Å². The third-order valence-corrected chi connectivity index (χ3v) is 3.93. The third-order valence-electron chi connectivity index (χ3n) is 3.73. The fourth-order valence-corrected chi connectivity index (χ4v) is 2.46. The molecule has 2 N–H and O–H groups in total. The maximum Gasteiger partial charge on any atom is 0.251 e. The Kier molecular flexibility index (Phi) is 7.12. The molecule has 0 aliphatic heterocycles. The largest absolute Gasteiger partial charge is 0.391 e. The molecule has 21 heavy (non-hydrogen) atoms. The van der Waals surface area contributed by atoms with Gasteiger partial charge in [-0.1, -0.05) is 52.1 Å². The average molecular weight is 313 g/mol. The second-order valence-electron chi connectivity index (χ2n) is 5.61. The van der Waals surface area contributed by atoms with E-state index in [0.717, 1.165) is 18.5 Å². The van der Waals surface area contributed by atoms with Gasteiger partial charge < -0.3 is 10.4 Å². The van der Waals surface area contributed by atoms with Gasteiger partial charge >= 0.3 is 0 Å². The Morgan fingerprint density at radius 3 is 2.48 bits per heavy atom. The van der Waals surface area contributed by atoms with E-state index in [0.29, 0.717) is 10.7 Å². The van der Waals surface area contributed by atoms with Crippen LogP contribution in [-0.4, -0.2) is 28.6 Å². The molecule has 1 aromatic rings. The van der Waals surface area contributed by atoms with Crippen molar-refractivity contribution in [2.75, 3.05) is 6.54 Å². The minimum absolute atomic E-state index is 0.199. The first-order valence-corrected chi connectivity index (χ1v) is 7.90. The summed E-state index contributed by atoms with van der Waals surface area (Å²) in [4.78, 5) is 16.4. The Morgan fingerprint density at radius 1 is 1.33 bits per heavy atom. The number of amides is 1. The highest BCUT2D eigenvalue weighted by Gasteiger charge is 2.17. The van der Waals surface area contributed by atoms with E-state index in [9.17, 15) is 9.90 Å². The van der Waals surface area contributed by atoms with Crippen LogP contribution in [0, 0.1) is 5.92 Å². The SMILES string of the molecule is CCC(CC)C(O)CNC(=O)c1cc(Cl)nc(C(C)C)c1. The molecule has 1 unspecified atom stereocenters. The number of aliphatic hydroxyl groups excluding tert-OH is 1. The molecule has 4 nitrogen and oxygen atoms in total. The highest BCUT2D eigenvalue weighted by atomic mass is 35.5. The first-order chi connectivity index (χ1) is 9.88. The molecule has 0 bridgehead atoms. The summed E-state index contributed by atoms with van der Waals surface area (Å²) < 4.78 is 0. The van der Waals surface area contributed by atoms with Crippen LogP contribution in [0.4, 0.5) is 0 Å². The Bertz CT molecular complexity index is 473. The van der Waals surface area contributed by atoms with Crippen LogP contribution in [0.5, 0.6) is 0 Å². The minimum atomic E-state index is -0.522. The maximum atomic E-state index is 12.2. The number of halogens is 1. The highest BCUT2D eigenvalue weighted by Crippen LogP contribution is 2.18. The molecule has 0 spiro atoms. The van der Waals surface area contributed by atoms with E-state index in [2.05, 4.69) is 10.3 Å². The van der Waals surface area contributed by atoms with Crippen LogP contribution in [0.2, 0.25) is 5.15 Å². The van der Waals surface area contributed by atoms with Crippen molar-refractivity contribution in [3.8, 4) is 0 Å². The van der Waals surface area contributed by atoms with Crippen LogP contribution >= 0.6 is 11.6 Å². The zero-order chi connectivity index (χ0) is 16.0. The van der Waals surface area contributed by atoms with Gasteiger partial charge in [0.1, 0.15) is 5.15 Å². The number of pyridine rings is 1. The number of hydrogen-bond donors (Lipinski definition) is 2. The van der Waals surface area contributed by atoms with Crippen molar-refractivity contribution in [1.82, 2.24) is 10.3 Å². The molecule has 1 amide bonds. The Balaban J connectivity index is 2.72. The molecule has 5 heteroatoms. The van der Waals surface area contributed by atoms with Gasteiger partial charge in [0.15, 0.2) is 0 Å². The fraction of sp³-hybridized carbons (Fsp3) is 0.625. The standard InChI is InChI=1S/C16H25ClN2O2/c1-5-11(6-2)14(20)9-18-16(21)12-7-13(10(3)4)19-15(17)8-12/h7-8,10-11,14,20H,5-6,9H2,1-4H3,(H,18,21). The number of carbonyl (C=O) groups is 1. The fourth-order valence-electron chi connectivity index (χ4n) is 2.24. The lowest BCUT2D eigenvalue weighted by atomic mass is 9.96. The monoisotopic (exact) mass is 312 g/mol.